The molecule has 0 aliphatic carbocycles. The average molecular weight is 421 g/mol. The van der Waals surface area contributed by atoms with Gasteiger partial charge in [-0.15, -0.1) is 0 Å². The molecular weight excluding hydrogens is 388 g/mol. The first kappa shape index (κ1) is 23.0. The Hall–Kier alpha value is -2.72. The normalized spacial score (nSPS) is 17.6. The highest BCUT2D eigenvalue weighted by atomic mass is 16.6. The fraction of sp³-hybridized carbons (Fsp3) is 0.407. The van der Waals surface area contributed by atoms with Gasteiger partial charge < -0.3 is 9.47 Å². The molecule has 0 amide bonds. The predicted molar refractivity (Wildman–Crippen MR) is 124 cm³/mol. The van der Waals surface area contributed by atoms with Gasteiger partial charge >= 0.3 is 5.97 Å². The van der Waals surface area contributed by atoms with E-state index in [2.05, 4.69) is 50.2 Å². The molecule has 4 nitrogen and oxygen atoms in total. The Morgan fingerprint density at radius 1 is 0.935 bits per heavy atom. The molecule has 0 bridgehead atoms. The third-order valence-corrected chi connectivity index (χ3v) is 5.71. The largest absolute Gasteiger partial charge is 0.427 e. The lowest BCUT2D eigenvalue weighted by molar-refractivity contribution is -0.165. The standard InChI is InChI=1S/C27H32O4/c1-8-18-14-15-20(19-12-10-17(3)11-13-19)16-21(18)23-24(29)26(4,5)31-27(6,7)25(23)30-22(28)9-2/h10-16H,8-9H2,1-7H3. The van der Waals surface area contributed by atoms with Gasteiger partial charge in [-0.1, -0.05) is 55.8 Å². The molecule has 1 aliphatic heterocycles. The van der Waals surface area contributed by atoms with Crippen molar-refractivity contribution in [3.8, 4) is 11.1 Å². The Labute approximate surface area is 185 Å². The van der Waals surface area contributed by atoms with Gasteiger partial charge in [0.2, 0.25) is 0 Å². The van der Waals surface area contributed by atoms with Crippen molar-refractivity contribution >= 4 is 17.3 Å². The van der Waals surface area contributed by atoms with Crippen LogP contribution in [0.25, 0.3) is 16.7 Å². The second-order valence-electron chi connectivity index (χ2n) is 9.08. The average Bonchev–Trinajstić information content (AvgIpc) is 2.71. The molecule has 0 radical (unpaired) electrons. The van der Waals surface area contributed by atoms with Gasteiger partial charge in [-0.2, -0.15) is 0 Å². The number of esters is 1. The summed E-state index contributed by atoms with van der Waals surface area (Å²) >= 11 is 0. The lowest BCUT2D eigenvalue weighted by Crippen LogP contribution is -2.50. The van der Waals surface area contributed by atoms with Crippen molar-refractivity contribution < 1.29 is 19.1 Å². The van der Waals surface area contributed by atoms with E-state index in [1.807, 2.05) is 19.9 Å². The second kappa shape index (κ2) is 8.43. The minimum absolute atomic E-state index is 0.179. The minimum atomic E-state index is -1.04. The van der Waals surface area contributed by atoms with Crippen molar-refractivity contribution in [1.29, 1.82) is 0 Å². The maximum absolute atomic E-state index is 13.6. The van der Waals surface area contributed by atoms with Gasteiger partial charge in [0.05, 0.1) is 5.57 Å². The molecule has 2 aromatic rings. The number of Topliss-reactive ketones (excluding diaryl/α,β-unsaturated/α-hetero) is 1. The van der Waals surface area contributed by atoms with Crippen LogP contribution in [0.2, 0.25) is 0 Å². The highest BCUT2D eigenvalue weighted by molar-refractivity contribution is 6.26. The lowest BCUT2D eigenvalue weighted by Gasteiger charge is -2.42. The summed E-state index contributed by atoms with van der Waals surface area (Å²) in [6, 6.07) is 14.5. The quantitative estimate of drug-likeness (QED) is 0.553. The molecular formula is C27H32O4. The summed E-state index contributed by atoms with van der Waals surface area (Å²) in [4.78, 5) is 25.9. The molecule has 1 heterocycles. The van der Waals surface area contributed by atoms with Crippen LogP contribution in [-0.2, 0) is 25.5 Å². The van der Waals surface area contributed by atoms with Crippen molar-refractivity contribution in [3.05, 3.63) is 64.9 Å². The van der Waals surface area contributed by atoms with Crippen LogP contribution in [0, 0.1) is 6.92 Å². The molecule has 0 saturated carbocycles. The Morgan fingerprint density at radius 3 is 2.13 bits per heavy atom. The lowest BCUT2D eigenvalue weighted by atomic mass is 9.80. The topological polar surface area (TPSA) is 52.6 Å². The van der Waals surface area contributed by atoms with Gasteiger partial charge in [-0.05, 0) is 69.4 Å². The number of carbonyl (C=O) groups excluding carboxylic acids is 2. The van der Waals surface area contributed by atoms with Crippen LogP contribution in [0.5, 0.6) is 0 Å². The van der Waals surface area contributed by atoms with Gasteiger partial charge in [0, 0.05) is 6.42 Å². The van der Waals surface area contributed by atoms with Crippen molar-refractivity contribution in [3.63, 3.8) is 0 Å². The molecule has 0 unspecified atom stereocenters. The van der Waals surface area contributed by atoms with E-state index in [0.717, 1.165) is 28.7 Å². The molecule has 31 heavy (non-hydrogen) atoms. The van der Waals surface area contributed by atoms with Gasteiger partial charge in [0.1, 0.15) is 11.2 Å². The molecule has 2 aromatic carbocycles. The highest BCUT2D eigenvalue weighted by Crippen LogP contribution is 2.43. The third-order valence-electron chi connectivity index (χ3n) is 5.71. The molecule has 3 rings (SSSR count). The smallest absolute Gasteiger partial charge is 0.310 e. The fourth-order valence-electron chi connectivity index (χ4n) is 4.08. The number of hydrogen-bond acceptors (Lipinski definition) is 4. The van der Waals surface area contributed by atoms with Crippen LogP contribution in [0.15, 0.2) is 48.2 Å². The van der Waals surface area contributed by atoms with Crippen molar-refractivity contribution in [2.45, 2.75) is 72.5 Å². The number of rotatable bonds is 5. The zero-order chi connectivity index (χ0) is 23.0. The summed E-state index contributed by atoms with van der Waals surface area (Å²) in [5, 5.41) is 0. The molecule has 0 N–H and O–H groups in total. The van der Waals surface area contributed by atoms with Crippen molar-refractivity contribution in [1.82, 2.24) is 0 Å². The zero-order valence-corrected chi connectivity index (χ0v) is 19.6. The fourth-order valence-corrected chi connectivity index (χ4v) is 4.08. The van der Waals surface area contributed by atoms with Crippen molar-refractivity contribution in [2.24, 2.45) is 0 Å². The first-order valence-corrected chi connectivity index (χ1v) is 10.9. The first-order valence-electron chi connectivity index (χ1n) is 10.9. The number of hydrogen-bond donors (Lipinski definition) is 0. The predicted octanol–water partition coefficient (Wildman–Crippen LogP) is 6.05. The van der Waals surface area contributed by atoms with E-state index in [1.165, 1.54) is 5.56 Å². The van der Waals surface area contributed by atoms with E-state index in [-0.39, 0.29) is 18.2 Å². The van der Waals surface area contributed by atoms with Crippen molar-refractivity contribution in [2.75, 3.05) is 0 Å². The van der Waals surface area contributed by atoms with Crippen LogP contribution in [0.1, 0.15) is 64.7 Å². The number of ether oxygens (including phenoxy) is 2. The second-order valence-corrected chi connectivity index (χ2v) is 9.08. The molecule has 4 heteroatoms. The Morgan fingerprint density at radius 2 is 1.55 bits per heavy atom. The third kappa shape index (κ3) is 4.49. The van der Waals surface area contributed by atoms with E-state index < -0.39 is 11.2 Å². The van der Waals surface area contributed by atoms with Crippen LogP contribution in [0.4, 0.5) is 0 Å². The number of carbonyl (C=O) groups is 2. The number of aryl methyl sites for hydroxylation is 2. The maximum atomic E-state index is 13.6. The highest BCUT2D eigenvalue weighted by Gasteiger charge is 2.48. The summed E-state index contributed by atoms with van der Waals surface area (Å²) in [6.45, 7) is 13.1. The van der Waals surface area contributed by atoms with Gasteiger partial charge in [-0.25, -0.2) is 0 Å². The summed E-state index contributed by atoms with van der Waals surface area (Å²) in [6.07, 6.45) is 0.964. The van der Waals surface area contributed by atoms with Crippen LogP contribution < -0.4 is 0 Å². The summed E-state index contributed by atoms with van der Waals surface area (Å²) in [5.41, 5.74) is 3.57. The molecule has 0 fully saturated rings. The zero-order valence-electron chi connectivity index (χ0n) is 19.6. The summed E-state index contributed by atoms with van der Waals surface area (Å²) in [5.74, 6) is -0.273. The molecule has 1 aliphatic rings. The maximum Gasteiger partial charge on any atom is 0.310 e. The summed E-state index contributed by atoms with van der Waals surface area (Å²) < 4.78 is 11.8. The molecule has 0 saturated heterocycles. The molecule has 164 valence electrons. The Balaban J connectivity index is 2.30. The molecule has 0 spiro atoms. The first-order chi connectivity index (χ1) is 14.5. The molecule has 0 atom stereocenters. The van der Waals surface area contributed by atoms with E-state index in [0.29, 0.717) is 11.3 Å². The van der Waals surface area contributed by atoms with Gasteiger partial charge in [0.25, 0.3) is 0 Å². The number of benzene rings is 2. The van der Waals surface area contributed by atoms with Gasteiger partial charge in [0.15, 0.2) is 11.5 Å². The van der Waals surface area contributed by atoms with E-state index in [9.17, 15) is 9.59 Å². The van der Waals surface area contributed by atoms with E-state index in [1.54, 1.807) is 20.8 Å². The number of ketones is 1. The Kier molecular flexibility index (Phi) is 6.24. The monoisotopic (exact) mass is 420 g/mol. The van der Waals surface area contributed by atoms with Gasteiger partial charge in [-0.3, -0.25) is 9.59 Å². The SMILES string of the molecule is CCC(=O)OC1=C(c2cc(-c3ccc(C)cc3)ccc2CC)C(=O)C(C)(C)OC1(C)C. The molecule has 0 aromatic heterocycles. The van der Waals surface area contributed by atoms with Crippen LogP contribution in [-0.4, -0.2) is 23.0 Å². The van der Waals surface area contributed by atoms with E-state index >= 15 is 0 Å². The van der Waals surface area contributed by atoms with Crippen LogP contribution >= 0.6 is 0 Å². The van der Waals surface area contributed by atoms with Crippen LogP contribution in [0.3, 0.4) is 0 Å². The summed E-state index contributed by atoms with van der Waals surface area (Å²) in [7, 11) is 0. The van der Waals surface area contributed by atoms with E-state index in [4.69, 9.17) is 9.47 Å². The minimum Gasteiger partial charge on any atom is -0.427 e. The Bertz CT molecular complexity index is 1040.